The lowest BCUT2D eigenvalue weighted by Crippen LogP contribution is -2.59. The number of piperazine rings is 1. The molecule has 2 aromatic rings. The van der Waals surface area contributed by atoms with Crippen molar-refractivity contribution in [3.05, 3.63) is 52.6 Å². The molecular weight excluding hydrogens is 595 g/mol. The number of methoxy groups -OCH3 is 1. The molecule has 0 saturated carbocycles. The third-order valence-corrected chi connectivity index (χ3v) is 9.80. The van der Waals surface area contributed by atoms with Gasteiger partial charge in [-0.3, -0.25) is 10.2 Å². The zero-order chi connectivity index (χ0) is 31.9. The molecule has 11 heteroatoms. The topological polar surface area (TPSA) is 72.9 Å². The summed E-state index contributed by atoms with van der Waals surface area (Å²) in [4.78, 5) is 26.8. The van der Waals surface area contributed by atoms with Crippen LogP contribution in [0.1, 0.15) is 52.9 Å². The summed E-state index contributed by atoms with van der Waals surface area (Å²) in [5.41, 5.74) is 1.62. The number of rotatable bonds is 2. The first-order valence-corrected chi connectivity index (χ1v) is 16.6. The van der Waals surface area contributed by atoms with Gasteiger partial charge in [0.25, 0.3) is 6.02 Å². The Balaban J connectivity index is 0.000000535. The van der Waals surface area contributed by atoms with Crippen molar-refractivity contribution in [2.45, 2.75) is 76.6 Å². The van der Waals surface area contributed by atoms with E-state index in [0.717, 1.165) is 61.2 Å². The Bertz CT molecular complexity index is 1470. The number of piperidine rings is 1. The molecule has 3 unspecified atom stereocenters. The fraction of sp³-hybridized carbons (Fsp3) is 0.588. The number of carbonyl (C=O) groups is 1. The van der Waals surface area contributed by atoms with Crippen molar-refractivity contribution in [3.8, 4) is 0 Å². The highest BCUT2D eigenvalue weighted by Gasteiger charge is 2.46. The van der Waals surface area contributed by atoms with E-state index < -0.39 is 11.4 Å². The smallest absolute Gasteiger partial charge is 0.410 e. The molecule has 244 valence electrons. The number of fused-ring (bicyclic) bond motifs is 4. The van der Waals surface area contributed by atoms with Crippen LogP contribution in [0.5, 0.6) is 0 Å². The van der Waals surface area contributed by atoms with E-state index in [-0.39, 0.29) is 29.2 Å². The van der Waals surface area contributed by atoms with E-state index in [9.17, 15) is 9.18 Å². The number of hydrogen-bond acceptors (Lipinski definition) is 8. The molecule has 4 saturated heterocycles. The van der Waals surface area contributed by atoms with Crippen LogP contribution in [0, 0.1) is 5.82 Å². The van der Waals surface area contributed by atoms with Crippen LogP contribution in [0.25, 0.3) is 10.8 Å². The second-order valence-corrected chi connectivity index (χ2v) is 14.2. The van der Waals surface area contributed by atoms with Crippen molar-refractivity contribution in [2.24, 2.45) is 4.99 Å². The van der Waals surface area contributed by atoms with E-state index in [1.807, 2.05) is 43.9 Å². The average Bonchev–Trinajstić information content (AvgIpc) is 3.60. The Kier molecular flexibility index (Phi) is 9.07. The lowest BCUT2D eigenvalue weighted by atomic mass is 9.95. The summed E-state index contributed by atoms with van der Waals surface area (Å²) in [6.45, 7) is 11.2. The van der Waals surface area contributed by atoms with Gasteiger partial charge in [0.2, 0.25) is 0 Å². The number of likely N-dealkylation sites (tertiary alicyclic amines) is 2. The summed E-state index contributed by atoms with van der Waals surface area (Å²) >= 11 is 6.45. The van der Waals surface area contributed by atoms with Crippen LogP contribution in [-0.2, 0) is 9.47 Å². The lowest BCUT2D eigenvalue weighted by molar-refractivity contribution is -0.00120. The van der Waals surface area contributed by atoms with Gasteiger partial charge in [0.05, 0.1) is 30.3 Å². The third kappa shape index (κ3) is 6.68. The molecule has 9 nitrogen and oxygen atoms in total. The molecule has 5 aliphatic heterocycles. The van der Waals surface area contributed by atoms with Gasteiger partial charge in [0.15, 0.2) is 0 Å². The van der Waals surface area contributed by atoms with E-state index >= 15 is 0 Å². The molecule has 45 heavy (non-hydrogen) atoms. The molecule has 5 heterocycles. The molecule has 4 fully saturated rings. The summed E-state index contributed by atoms with van der Waals surface area (Å²) in [5.74, 6) is 0.618. The number of aliphatic imine (C=N–C) groups is 1. The predicted molar refractivity (Wildman–Crippen MR) is 177 cm³/mol. The van der Waals surface area contributed by atoms with Gasteiger partial charge >= 0.3 is 6.09 Å². The van der Waals surface area contributed by atoms with Crippen molar-refractivity contribution in [2.75, 3.05) is 58.3 Å². The summed E-state index contributed by atoms with van der Waals surface area (Å²) in [6, 6.07) is 9.68. The molecule has 1 N–H and O–H groups in total. The number of amides is 1. The quantitative estimate of drug-likeness (QED) is 0.443. The van der Waals surface area contributed by atoms with E-state index in [1.54, 1.807) is 13.2 Å². The van der Waals surface area contributed by atoms with Gasteiger partial charge in [-0.25, -0.2) is 14.2 Å². The molecule has 7 rings (SSSR count). The molecule has 1 amide bonds. The SMILES string of the molecule is CN1CCCC1.COC1=NC2CN(c3cccc4ccc(F)c(Cl)c34)CCC2=C(N2CC3CCC(C2)N3C(=O)OC(C)(C)C)N1. The van der Waals surface area contributed by atoms with Gasteiger partial charge < -0.3 is 24.2 Å². The first kappa shape index (κ1) is 31.7. The van der Waals surface area contributed by atoms with Crippen LogP contribution >= 0.6 is 11.6 Å². The summed E-state index contributed by atoms with van der Waals surface area (Å²) in [5, 5.41) is 5.22. The highest BCUT2D eigenvalue weighted by Crippen LogP contribution is 2.39. The van der Waals surface area contributed by atoms with E-state index in [2.05, 4.69) is 27.1 Å². The number of anilines is 1. The van der Waals surface area contributed by atoms with E-state index in [0.29, 0.717) is 12.6 Å². The zero-order valence-electron chi connectivity index (χ0n) is 27.1. The number of nitrogens with one attached hydrogen (secondary N) is 1. The maximum absolute atomic E-state index is 14.4. The Morgan fingerprint density at radius 2 is 1.73 bits per heavy atom. The van der Waals surface area contributed by atoms with Crippen molar-refractivity contribution in [1.82, 2.24) is 20.0 Å². The number of hydrogen-bond donors (Lipinski definition) is 1. The van der Waals surface area contributed by atoms with Crippen LogP contribution in [0.15, 0.2) is 46.7 Å². The standard InChI is InChI=1S/C29H35ClFN5O3.C5H11N/c1-29(2,3)39-28(37)36-18-9-10-19(36)15-35(14-18)26-20-12-13-34(16-22(20)32-27(33-26)38-4)23-7-5-6-17-8-11-21(31)25(30)24(17)23;1-6-4-2-3-5-6/h5-8,11,18-19,22H,9-10,12-16H2,1-4H3,(H,32,33);2-5H2,1H3. The molecule has 5 aliphatic rings. The molecule has 0 spiro atoms. The fourth-order valence-electron chi connectivity index (χ4n) is 7.32. The number of carbonyl (C=O) groups excluding carboxylic acids is 1. The number of amidine groups is 1. The second-order valence-electron chi connectivity index (χ2n) is 13.8. The van der Waals surface area contributed by atoms with Crippen LogP contribution < -0.4 is 10.2 Å². The van der Waals surface area contributed by atoms with Crippen molar-refractivity contribution in [3.63, 3.8) is 0 Å². The highest BCUT2D eigenvalue weighted by molar-refractivity contribution is 6.36. The van der Waals surface area contributed by atoms with Crippen molar-refractivity contribution >= 4 is 40.2 Å². The zero-order valence-corrected chi connectivity index (χ0v) is 27.9. The van der Waals surface area contributed by atoms with Gasteiger partial charge in [0, 0.05) is 37.3 Å². The molecule has 0 aliphatic carbocycles. The lowest BCUT2D eigenvalue weighted by Gasteiger charge is -2.46. The number of benzene rings is 2. The third-order valence-electron chi connectivity index (χ3n) is 9.43. The largest absolute Gasteiger partial charge is 0.468 e. The second kappa shape index (κ2) is 12.9. The fourth-order valence-corrected chi connectivity index (χ4v) is 7.58. The average molecular weight is 641 g/mol. The number of nitrogens with zero attached hydrogens (tertiary/aromatic N) is 5. The van der Waals surface area contributed by atoms with Crippen molar-refractivity contribution in [1.29, 1.82) is 0 Å². The summed E-state index contributed by atoms with van der Waals surface area (Å²) < 4.78 is 25.7. The Labute approximate surface area is 271 Å². The minimum atomic E-state index is -0.520. The maximum Gasteiger partial charge on any atom is 0.410 e. The number of ether oxygens (including phenoxy) is 2. The first-order chi connectivity index (χ1) is 21.5. The maximum atomic E-state index is 14.4. The van der Waals surface area contributed by atoms with Crippen LogP contribution in [0.2, 0.25) is 5.02 Å². The van der Waals surface area contributed by atoms with E-state index in [4.69, 9.17) is 26.1 Å². The monoisotopic (exact) mass is 640 g/mol. The minimum absolute atomic E-state index is 0.102. The van der Waals surface area contributed by atoms with Crippen LogP contribution in [-0.4, -0.2) is 104 Å². The number of halogens is 2. The predicted octanol–water partition coefficient (Wildman–Crippen LogP) is 5.82. The van der Waals surface area contributed by atoms with Crippen LogP contribution in [0.3, 0.4) is 0 Å². The Hall–Kier alpha value is -3.24. The Morgan fingerprint density at radius 1 is 1.02 bits per heavy atom. The van der Waals surface area contributed by atoms with Gasteiger partial charge in [-0.1, -0.05) is 29.8 Å². The molecule has 0 radical (unpaired) electrons. The van der Waals surface area contributed by atoms with Crippen LogP contribution in [0.4, 0.5) is 14.9 Å². The first-order valence-electron chi connectivity index (χ1n) is 16.2. The van der Waals surface area contributed by atoms with Gasteiger partial charge in [-0.15, -0.1) is 0 Å². The van der Waals surface area contributed by atoms with Gasteiger partial charge in [0.1, 0.15) is 17.2 Å². The van der Waals surface area contributed by atoms with Crippen molar-refractivity contribution < 1.29 is 18.7 Å². The molecule has 2 aromatic carbocycles. The molecule has 0 aromatic heterocycles. The van der Waals surface area contributed by atoms with E-state index in [1.165, 1.54) is 37.6 Å². The normalized spacial score (nSPS) is 25.0. The summed E-state index contributed by atoms with van der Waals surface area (Å²) in [7, 11) is 3.79. The minimum Gasteiger partial charge on any atom is -0.468 e. The summed E-state index contributed by atoms with van der Waals surface area (Å²) in [6.07, 6.45) is 5.32. The highest BCUT2D eigenvalue weighted by atomic mass is 35.5. The Morgan fingerprint density at radius 3 is 2.36 bits per heavy atom. The van der Waals surface area contributed by atoms with Gasteiger partial charge in [-0.2, -0.15) is 0 Å². The molecule has 3 atom stereocenters. The molecular formula is C34H46ClFN6O3. The molecule has 2 bridgehead atoms. The van der Waals surface area contributed by atoms with Gasteiger partial charge in [-0.05, 0) is 96.1 Å².